The van der Waals surface area contributed by atoms with E-state index < -0.39 is 10.1 Å². The number of hydrogen-bond acceptors (Lipinski definition) is 5. The van der Waals surface area contributed by atoms with Gasteiger partial charge in [0.25, 0.3) is 0 Å². The lowest BCUT2D eigenvalue weighted by Crippen LogP contribution is -2.06. The highest BCUT2D eigenvalue weighted by atomic mass is 32.2. The molecule has 0 unspecified atom stereocenters. The maximum atomic E-state index is 11.4. The van der Waals surface area contributed by atoms with Crippen LogP contribution in [0.3, 0.4) is 0 Å². The Morgan fingerprint density at radius 3 is 2.62 bits per heavy atom. The summed E-state index contributed by atoms with van der Waals surface area (Å²) in [4.78, 5) is 4.37. The maximum Gasteiger partial charge on any atom is 0.306 e. The second-order valence-electron chi connectivity index (χ2n) is 4.77. The zero-order chi connectivity index (χ0) is 15.0. The van der Waals surface area contributed by atoms with E-state index in [9.17, 15) is 8.42 Å². The van der Waals surface area contributed by atoms with E-state index in [0.717, 1.165) is 11.8 Å². The number of hydrogen-bond donors (Lipinski definition) is 0. The standard InChI is InChI=1S/C15H13NO4S/c1-10-7-8-13(20-21(2,17)18)11(9-10)15-16-12-5-3-4-6-14(12)19-15/h3-9H,1-2H3. The Labute approximate surface area is 122 Å². The smallest absolute Gasteiger partial charge is 0.306 e. The molecule has 0 saturated carbocycles. The molecule has 0 amide bonds. The number of fused-ring (bicyclic) bond motifs is 1. The third-order valence-corrected chi connectivity index (χ3v) is 3.38. The van der Waals surface area contributed by atoms with Crippen molar-refractivity contribution in [1.29, 1.82) is 0 Å². The van der Waals surface area contributed by atoms with Crippen LogP contribution >= 0.6 is 0 Å². The van der Waals surface area contributed by atoms with Gasteiger partial charge in [-0.3, -0.25) is 0 Å². The molecule has 21 heavy (non-hydrogen) atoms. The summed E-state index contributed by atoms with van der Waals surface area (Å²) < 4.78 is 33.4. The van der Waals surface area contributed by atoms with Crippen molar-refractivity contribution >= 4 is 21.2 Å². The van der Waals surface area contributed by atoms with Gasteiger partial charge in [-0.15, -0.1) is 0 Å². The normalized spacial score (nSPS) is 11.7. The minimum Gasteiger partial charge on any atom is -0.436 e. The zero-order valence-corrected chi connectivity index (χ0v) is 12.3. The van der Waals surface area contributed by atoms with Crippen LogP contribution in [0.2, 0.25) is 0 Å². The van der Waals surface area contributed by atoms with Crippen LogP contribution in [0.25, 0.3) is 22.6 Å². The van der Waals surface area contributed by atoms with Crippen molar-refractivity contribution in [3.63, 3.8) is 0 Å². The Balaban J connectivity index is 2.18. The topological polar surface area (TPSA) is 69.4 Å². The fraction of sp³-hybridized carbons (Fsp3) is 0.133. The van der Waals surface area contributed by atoms with Crippen molar-refractivity contribution in [2.24, 2.45) is 0 Å². The Bertz CT molecular complexity index is 879. The lowest BCUT2D eigenvalue weighted by atomic mass is 10.1. The fourth-order valence-corrected chi connectivity index (χ4v) is 2.51. The quantitative estimate of drug-likeness (QED) is 0.695. The second kappa shape index (κ2) is 4.89. The van der Waals surface area contributed by atoms with Gasteiger partial charge in [-0.1, -0.05) is 23.8 Å². The first-order valence-corrected chi connectivity index (χ1v) is 8.10. The Morgan fingerprint density at radius 1 is 1.14 bits per heavy atom. The van der Waals surface area contributed by atoms with Crippen LogP contribution in [0, 0.1) is 6.92 Å². The SMILES string of the molecule is Cc1ccc(OS(C)(=O)=O)c(-c2nc3ccccc3o2)c1. The molecule has 3 aromatic rings. The van der Waals surface area contributed by atoms with Crippen LogP contribution in [-0.2, 0) is 10.1 Å². The maximum absolute atomic E-state index is 11.4. The van der Waals surface area contributed by atoms with E-state index >= 15 is 0 Å². The van der Waals surface area contributed by atoms with Crippen LogP contribution in [0.5, 0.6) is 5.75 Å². The molecule has 0 saturated heterocycles. The summed E-state index contributed by atoms with van der Waals surface area (Å²) in [5.74, 6) is 0.535. The second-order valence-corrected chi connectivity index (χ2v) is 6.35. The van der Waals surface area contributed by atoms with Crippen LogP contribution in [-0.4, -0.2) is 19.7 Å². The molecule has 1 heterocycles. The molecule has 5 nitrogen and oxygen atoms in total. The van der Waals surface area contributed by atoms with Gasteiger partial charge in [0.05, 0.1) is 11.8 Å². The van der Waals surface area contributed by atoms with Crippen LogP contribution in [0.1, 0.15) is 5.56 Å². The van der Waals surface area contributed by atoms with Crippen molar-refractivity contribution in [2.75, 3.05) is 6.26 Å². The minimum atomic E-state index is -3.62. The van der Waals surface area contributed by atoms with E-state index in [1.807, 2.05) is 25.1 Å². The van der Waals surface area contributed by atoms with E-state index in [1.54, 1.807) is 24.3 Å². The van der Waals surface area contributed by atoms with Crippen molar-refractivity contribution in [1.82, 2.24) is 4.98 Å². The Kier molecular flexibility index (Phi) is 3.17. The first-order valence-electron chi connectivity index (χ1n) is 6.28. The largest absolute Gasteiger partial charge is 0.436 e. The zero-order valence-electron chi connectivity index (χ0n) is 11.5. The summed E-state index contributed by atoms with van der Waals surface area (Å²) in [7, 11) is -3.62. The fourth-order valence-electron chi connectivity index (χ4n) is 2.03. The number of para-hydroxylation sites is 2. The highest BCUT2D eigenvalue weighted by Crippen LogP contribution is 2.33. The molecule has 6 heteroatoms. The van der Waals surface area contributed by atoms with Gasteiger partial charge in [-0.2, -0.15) is 8.42 Å². The summed E-state index contributed by atoms with van der Waals surface area (Å²) in [6.07, 6.45) is 1.00. The average molecular weight is 303 g/mol. The van der Waals surface area contributed by atoms with Gasteiger partial charge in [-0.05, 0) is 31.2 Å². The van der Waals surface area contributed by atoms with Crippen LogP contribution in [0.15, 0.2) is 46.9 Å². The highest BCUT2D eigenvalue weighted by Gasteiger charge is 2.16. The molecule has 0 spiro atoms. The average Bonchev–Trinajstić information content (AvgIpc) is 2.83. The molecule has 0 atom stereocenters. The number of rotatable bonds is 3. The molecule has 0 radical (unpaired) electrons. The van der Waals surface area contributed by atoms with Crippen molar-refractivity contribution in [3.05, 3.63) is 48.0 Å². The molecule has 2 aromatic carbocycles. The van der Waals surface area contributed by atoms with Gasteiger partial charge >= 0.3 is 10.1 Å². The van der Waals surface area contributed by atoms with E-state index in [2.05, 4.69) is 4.98 Å². The van der Waals surface area contributed by atoms with E-state index in [4.69, 9.17) is 8.60 Å². The molecule has 0 aliphatic carbocycles. The van der Waals surface area contributed by atoms with Gasteiger partial charge in [0.15, 0.2) is 11.3 Å². The van der Waals surface area contributed by atoms with Crippen molar-refractivity contribution < 1.29 is 17.0 Å². The summed E-state index contributed by atoms with van der Waals surface area (Å²) in [6, 6.07) is 12.5. The number of oxazole rings is 1. The third-order valence-electron chi connectivity index (χ3n) is 2.90. The summed E-state index contributed by atoms with van der Waals surface area (Å²) in [5.41, 5.74) is 2.81. The van der Waals surface area contributed by atoms with E-state index in [-0.39, 0.29) is 5.75 Å². The minimum absolute atomic E-state index is 0.203. The first-order chi connectivity index (χ1) is 9.92. The number of nitrogens with zero attached hydrogens (tertiary/aromatic N) is 1. The predicted octanol–water partition coefficient (Wildman–Crippen LogP) is 3.14. The van der Waals surface area contributed by atoms with Gasteiger partial charge in [-0.25, -0.2) is 4.98 Å². The summed E-state index contributed by atoms with van der Waals surface area (Å²) in [6.45, 7) is 1.90. The number of aromatic nitrogens is 1. The molecule has 0 N–H and O–H groups in total. The number of benzene rings is 2. The van der Waals surface area contributed by atoms with Crippen LogP contribution < -0.4 is 4.18 Å². The molecular weight excluding hydrogens is 290 g/mol. The molecule has 108 valence electrons. The Morgan fingerprint density at radius 2 is 1.90 bits per heavy atom. The summed E-state index contributed by atoms with van der Waals surface area (Å²) >= 11 is 0. The number of aryl methyl sites for hydroxylation is 1. The van der Waals surface area contributed by atoms with Crippen molar-refractivity contribution in [3.8, 4) is 17.2 Å². The van der Waals surface area contributed by atoms with Gasteiger partial charge < -0.3 is 8.60 Å². The van der Waals surface area contributed by atoms with E-state index in [1.165, 1.54) is 0 Å². The van der Waals surface area contributed by atoms with E-state index in [0.29, 0.717) is 22.6 Å². The lowest BCUT2D eigenvalue weighted by Gasteiger charge is -2.07. The van der Waals surface area contributed by atoms with Crippen molar-refractivity contribution in [2.45, 2.75) is 6.92 Å². The summed E-state index contributed by atoms with van der Waals surface area (Å²) in [5, 5.41) is 0. The predicted molar refractivity (Wildman–Crippen MR) is 79.7 cm³/mol. The monoisotopic (exact) mass is 303 g/mol. The highest BCUT2D eigenvalue weighted by molar-refractivity contribution is 7.86. The molecule has 1 aromatic heterocycles. The lowest BCUT2D eigenvalue weighted by molar-refractivity contribution is 0.492. The molecule has 0 fully saturated rings. The Hall–Kier alpha value is -2.34. The molecule has 0 aliphatic heterocycles. The van der Waals surface area contributed by atoms with Gasteiger partial charge in [0.2, 0.25) is 5.89 Å². The third kappa shape index (κ3) is 2.90. The molecular formula is C15H13NO4S. The molecule has 0 bridgehead atoms. The van der Waals surface area contributed by atoms with Crippen LogP contribution in [0.4, 0.5) is 0 Å². The van der Waals surface area contributed by atoms with Gasteiger partial charge in [0.1, 0.15) is 5.52 Å². The molecule has 0 aliphatic rings. The molecule has 3 rings (SSSR count). The first kappa shape index (κ1) is 13.6. The van der Waals surface area contributed by atoms with Gasteiger partial charge in [0, 0.05) is 0 Å².